The summed E-state index contributed by atoms with van der Waals surface area (Å²) in [6, 6.07) is 8.32. The SMILES string of the molecule is Cc1ccccc1SCC(=O)C1CCCCCC1. The quantitative estimate of drug-likeness (QED) is 0.581. The van der Waals surface area contributed by atoms with Gasteiger partial charge in [0.05, 0.1) is 5.75 Å². The minimum absolute atomic E-state index is 0.337. The van der Waals surface area contributed by atoms with E-state index in [2.05, 4.69) is 19.1 Å². The number of rotatable bonds is 4. The lowest BCUT2D eigenvalue weighted by atomic mass is 9.96. The van der Waals surface area contributed by atoms with Gasteiger partial charge in [-0.05, 0) is 31.4 Å². The van der Waals surface area contributed by atoms with Crippen molar-refractivity contribution in [2.45, 2.75) is 50.3 Å². The molecule has 1 nitrogen and oxygen atoms in total. The van der Waals surface area contributed by atoms with Gasteiger partial charge in [0.25, 0.3) is 0 Å². The molecule has 1 aromatic carbocycles. The zero-order valence-electron chi connectivity index (χ0n) is 11.2. The van der Waals surface area contributed by atoms with Crippen LogP contribution >= 0.6 is 11.8 Å². The van der Waals surface area contributed by atoms with Crippen molar-refractivity contribution in [2.75, 3.05) is 5.75 Å². The molecule has 0 radical (unpaired) electrons. The van der Waals surface area contributed by atoms with Crippen LogP contribution in [0.2, 0.25) is 0 Å². The van der Waals surface area contributed by atoms with Gasteiger partial charge in [0.2, 0.25) is 0 Å². The van der Waals surface area contributed by atoms with E-state index < -0.39 is 0 Å². The summed E-state index contributed by atoms with van der Waals surface area (Å²) in [6.07, 6.45) is 7.35. The van der Waals surface area contributed by atoms with Crippen molar-refractivity contribution in [3.63, 3.8) is 0 Å². The lowest BCUT2D eigenvalue weighted by Gasteiger charge is -2.12. The first-order valence-corrected chi connectivity index (χ1v) is 7.97. The van der Waals surface area contributed by atoms with Crippen LogP contribution in [0, 0.1) is 12.8 Å². The van der Waals surface area contributed by atoms with Gasteiger partial charge in [-0.15, -0.1) is 11.8 Å². The highest BCUT2D eigenvalue weighted by atomic mass is 32.2. The number of hydrogen-bond acceptors (Lipinski definition) is 2. The fourth-order valence-corrected chi connectivity index (χ4v) is 3.59. The smallest absolute Gasteiger partial charge is 0.146 e. The van der Waals surface area contributed by atoms with Gasteiger partial charge in [0.15, 0.2) is 0 Å². The molecule has 0 amide bonds. The monoisotopic (exact) mass is 262 g/mol. The van der Waals surface area contributed by atoms with Crippen molar-refractivity contribution >= 4 is 17.5 Å². The molecule has 0 saturated heterocycles. The molecule has 0 atom stereocenters. The number of carbonyl (C=O) groups excluding carboxylic acids is 1. The summed E-state index contributed by atoms with van der Waals surface area (Å²) in [5.74, 6) is 1.45. The maximum absolute atomic E-state index is 12.2. The lowest BCUT2D eigenvalue weighted by molar-refractivity contribution is -0.120. The predicted molar refractivity (Wildman–Crippen MR) is 78.1 cm³/mol. The summed E-state index contributed by atoms with van der Waals surface area (Å²) >= 11 is 1.71. The molecule has 1 fully saturated rings. The van der Waals surface area contributed by atoms with E-state index in [-0.39, 0.29) is 0 Å². The third-order valence-electron chi connectivity index (χ3n) is 3.77. The molecule has 0 spiro atoms. The number of thioether (sulfide) groups is 1. The maximum atomic E-state index is 12.2. The van der Waals surface area contributed by atoms with Crippen LogP contribution < -0.4 is 0 Å². The molecule has 1 aliphatic rings. The molecule has 1 aliphatic carbocycles. The molecule has 2 rings (SSSR count). The molecule has 0 aromatic heterocycles. The second-order valence-electron chi connectivity index (χ2n) is 5.21. The normalized spacial score (nSPS) is 17.4. The molecule has 98 valence electrons. The highest BCUT2D eigenvalue weighted by Gasteiger charge is 2.19. The number of benzene rings is 1. The summed E-state index contributed by atoms with van der Waals surface area (Å²) in [7, 11) is 0. The highest BCUT2D eigenvalue weighted by molar-refractivity contribution is 8.00. The summed E-state index contributed by atoms with van der Waals surface area (Å²) in [5.41, 5.74) is 1.27. The van der Waals surface area contributed by atoms with E-state index in [1.54, 1.807) is 11.8 Å². The molecule has 0 heterocycles. The molecule has 0 unspecified atom stereocenters. The number of ketones is 1. The van der Waals surface area contributed by atoms with Crippen molar-refractivity contribution in [3.05, 3.63) is 29.8 Å². The van der Waals surface area contributed by atoms with Gasteiger partial charge >= 0.3 is 0 Å². The average Bonchev–Trinajstić information content (AvgIpc) is 2.66. The van der Waals surface area contributed by atoms with Crippen molar-refractivity contribution in [2.24, 2.45) is 5.92 Å². The van der Waals surface area contributed by atoms with Crippen molar-refractivity contribution in [3.8, 4) is 0 Å². The molecule has 1 aromatic rings. The van der Waals surface area contributed by atoms with E-state index in [1.165, 1.54) is 36.1 Å². The van der Waals surface area contributed by atoms with E-state index >= 15 is 0 Å². The predicted octanol–water partition coefficient (Wildman–Crippen LogP) is 4.63. The lowest BCUT2D eigenvalue weighted by Crippen LogP contribution is -2.16. The first-order valence-electron chi connectivity index (χ1n) is 6.98. The van der Waals surface area contributed by atoms with Crippen LogP contribution in [-0.4, -0.2) is 11.5 Å². The van der Waals surface area contributed by atoms with E-state index in [1.807, 2.05) is 12.1 Å². The zero-order chi connectivity index (χ0) is 12.8. The Morgan fingerprint density at radius 1 is 1.17 bits per heavy atom. The standard InChI is InChI=1S/C16H22OS/c1-13-8-6-7-11-16(13)18-12-15(17)14-9-4-2-3-5-10-14/h6-8,11,14H,2-5,9-10,12H2,1H3. The van der Waals surface area contributed by atoms with E-state index in [9.17, 15) is 4.79 Å². The minimum atomic E-state index is 0.337. The fraction of sp³-hybridized carbons (Fsp3) is 0.562. The van der Waals surface area contributed by atoms with Gasteiger partial charge in [-0.1, -0.05) is 43.9 Å². The van der Waals surface area contributed by atoms with Crippen LogP contribution in [0.3, 0.4) is 0 Å². The Labute approximate surface area is 114 Å². The third kappa shape index (κ3) is 3.88. The van der Waals surface area contributed by atoms with Gasteiger partial charge in [0.1, 0.15) is 5.78 Å². The van der Waals surface area contributed by atoms with Crippen LogP contribution in [0.5, 0.6) is 0 Å². The molecule has 0 aliphatic heterocycles. The fourth-order valence-electron chi connectivity index (χ4n) is 2.59. The average molecular weight is 262 g/mol. The van der Waals surface area contributed by atoms with Crippen molar-refractivity contribution < 1.29 is 4.79 Å². The zero-order valence-corrected chi connectivity index (χ0v) is 12.0. The van der Waals surface area contributed by atoms with E-state index in [0.29, 0.717) is 17.5 Å². The summed E-state index contributed by atoms with van der Waals surface area (Å²) in [5, 5.41) is 0. The minimum Gasteiger partial charge on any atom is -0.298 e. The van der Waals surface area contributed by atoms with E-state index in [4.69, 9.17) is 0 Å². The summed E-state index contributed by atoms with van der Waals surface area (Å²) < 4.78 is 0. The molecule has 18 heavy (non-hydrogen) atoms. The Kier molecular flexibility index (Phi) is 5.30. The Hall–Kier alpha value is -0.760. The second kappa shape index (κ2) is 6.98. The second-order valence-corrected chi connectivity index (χ2v) is 6.23. The number of aryl methyl sites for hydroxylation is 1. The van der Waals surface area contributed by atoms with Crippen LogP contribution in [0.15, 0.2) is 29.2 Å². The molecule has 0 bridgehead atoms. The van der Waals surface area contributed by atoms with Crippen LogP contribution in [-0.2, 0) is 4.79 Å². The molecular weight excluding hydrogens is 240 g/mol. The first kappa shape index (κ1) is 13.7. The summed E-state index contributed by atoms with van der Waals surface area (Å²) in [4.78, 5) is 13.5. The van der Waals surface area contributed by atoms with Gasteiger partial charge in [0, 0.05) is 10.8 Å². The number of Topliss-reactive ketones (excluding diaryl/α,β-unsaturated/α-hetero) is 1. The molecule has 2 heteroatoms. The van der Waals surface area contributed by atoms with Gasteiger partial charge in [-0.3, -0.25) is 4.79 Å². The Bertz CT molecular complexity index is 392. The van der Waals surface area contributed by atoms with Gasteiger partial charge in [-0.2, -0.15) is 0 Å². The highest BCUT2D eigenvalue weighted by Crippen LogP contribution is 2.27. The first-order chi connectivity index (χ1) is 8.77. The molecule has 0 N–H and O–H groups in total. The largest absolute Gasteiger partial charge is 0.298 e. The van der Waals surface area contributed by atoms with Crippen LogP contribution in [0.4, 0.5) is 0 Å². The van der Waals surface area contributed by atoms with Gasteiger partial charge < -0.3 is 0 Å². The number of hydrogen-bond donors (Lipinski definition) is 0. The Morgan fingerprint density at radius 2 is 1.83 bits per heavy atom. The maximum Gasteiger partial charge on any atom is 0.146 e. The molecular formula is C16H22OS. The molecule has 1 saturated carbocycles. The third-order valence-corrected chi connectivity index (χ3v) is 4.97. The van der Waals surface area contributed by atoms with Crippen LogP contribution in [0.1, 0.15) is 44.1 Å². The van der Waals surface area contributed by atoms with E-state index in [0.717, 1.165) is 12.8 Å². The Morgan fingerprint density at radius 3 is 2.50 bits per heavy atom. The Balaban J connectivity index is 1.86. The van der Waals surface area contributed by atoms with Crippen LogP contribution in [0.25, 0.3) is 0 Å². The topological polar surface area (TPSA) is 17.1 Å². The summed E-state index contributed by atoms with van der Waals surface area (Å²) in [6.45, 7) is 2.11. The van der Waals surface area contributed by atoms with Crippen molar-refractivity contribution in [1.82, 2.24) is 0 Å². The number of carbonyl (C=O) groups is 1. The van der Waals surface area contributed by atoms with Crippen molar-refractivity contribution in [1.29, 1.82) is 0 Å². The van der Waals surface area contributed by atoms with Gasteiger partial charge in [-0.25, -0.2) is 0 Å².